The summed E-state index contributed by atoms with van der Waals surface area (Å²) < 4.78 is 9.96. The normalized spacial score (nSPS) is 9.47. The molecule has 0 bridgehead atoms. The lowest BCUT2D eigenvalue weighted by atomic mass is 10.2. The number of amides is 1. The van der Waals surface area contributed by atoms with Gasteiger partial charge in [-0.1, -0.05) is 12.1 Å². The van der Waals surface area contributed by atoms with Gasteiger partial charge in [-0.2, -0.15) is 0 Å². The SMILES string of the molecule is CCNC(=O)OCc1ccc(OC)cc1. The molecule has 0 aromatic heterocycles. The zero-order chi connectivity index (χ0) is 11.1. The lowest BCUT2D eigenvalue weighted by Crippen LogP contribution is -2.23. The quantitative estimate of drug-likeness (QED) is 0.824. The minimum atomic E-state index is -0.395. The van der Waals surface area contributed by atoms with E-state index in [-0.39, 0.29) is 6.61 Å². The number of ether oxygens (including phenoxy) is 2. The highest BCUT2D eigenvalue weighted by Crippen LogP contribution is 2.11. The summed E-state index contributed by atoms with van der Waals surface area (Å²) in [5.74, 6) is 0.789. The first kappa shape index (κ1) is 11.4. The molecule has 1 amide bonds. The van der Waals surface area contributed by atoms with Crippen molar-refractivity contribution in [1.29, 1.82) is 0 Å². The number of nitrogens with one attached hydrogen (secondary N) is 1. The van der Waals surface area contributed by atoms with Crippen molar-refractivity contribution in [2.24, 2.45) is 0 Å². The Morgan fingerprint density at radius 3 is 2.53 bits per heavy atom. The third kappa shape index (κ3) is 3.89. The van der Waals surface area contributed by atoms with Gasteiger partial charge in [0.25, 0.3) is 0 Å². The van der Waals surface area contributed by atoms with Crippen LogP contribution in [-0.4, -0.2) is 19.7 Å². The van der Waals surface area contributed by atoms with Gasteiger partial charge in [0.05, 0.1) is 7.11 Å². The fraction of sp³-hybridized carbons (Fsp3) is 0.364. The topological polar surface area (TPSA) is 47.6 Å². The van der Waals surface area contributed by atoms with Crippen LogP contribution in [-0.2, 0) is 11.3 Å². The Morgan fingerprint density at radius 2 is 2.00 bits per heavy atom. The van der Waals surface area contributed by atoms with Gasteiger partial charge in [-0.25, -0.2) is 4.79 Å². The Bertz CT molecular complexity index is 308. The van der Waals surface area contributed by atoms with Gasteiger partial charge in [-0.15, -0.1) is 0 Å². The fourth-order valence-electron chi connectivity index (χ4n) is 1.07. The number of hydrogen-bond acceptors (Lipinski definition) is 3. The second-order valence-corrected chi connectivity index (χ2v) is 2.95. The monoisotopic (exact) mass is 209 g/mol. The molecule has 0 saturated heterocycles. The molecule has 0 radical (unpaired) electrons. The predicted octanol–water partition coefficient (Wildman–Crippen LogP) is 1.94. The molecular weight excluding hydrogens is 194 g/mol. The molecule has 0 spiro atoms. The Labute approximate surface area is 89.2 Å². The van der Waals surface area contributed by atoms with Crippen molar-refractivity contribution in [1.82, 2.24) is 5.32 Å². The van der Waals surface area contributed by atoms with Gasteiger partial charge >= 0.3 is 6.09 Å². The van der Waals surface area contributed by atoms with Crippen molar-refractivity contribution in [2.45, 2.75) is 13.5 Å². The van der Waals surface area contributed by atoms with Gasteiger partial charge < -0.3 is 14.8 Å². The molecule has 0 aliphatic heterocycles. The van der Waals surface area contributed by atoms with E-state index in [1.165, 1.54) is 0 Å². The highest BCUT2D eigenvalue weighted by Gasteiger charge is 2.00. The largest absolute Gasteiger partial charge is 0.497 e. The third-order valence-corrected chi connectivity index (χ3v) is 1.85. The van der Waals surface area contributed by atoms with E-state index in [1.54, 1.807) is 7.11 Å². The molecule has 0 aliphatic carbocycles. The number of carbonyl (C=O) groups excluding carboxylic acids is 1. The predicted molar refractivity (Wildman–Crippen MR) is 56.9 cm³/mol. The van der Waals surface area contributed by atoms with E-state index in [0.29, 0.717) is 6.54 Å². The van der Waals surface area contributed by atoms with Crippen LogP contribution in [0, 0.1) is 0 Å². The van der Waals surface area contributed by atoms with Crippen LogP contribution in [0.3, 0.4) is 0 Å². The number of rotatable bonds is 4. The first-order chi connectivity index (χ1) is 7.26. The number of benzene rings is 1. The summed E-state index contributed by atoms with van der Waals surface area (Å²) in [5, 5.41) is 2.55. The lowest BCUT2D eigenvalue weighted by Gasteiger charge is -2.05. The first-order valence-corrected chi connectivity index (χ1v) is 4.79. The van der Waals surface area contributed by atoms with E-state index in [9.17, 15) is 4.79 Å². The van der Waals surface area contributed by atoms with Crippen LogP contribution in [0.2, 0.25) is 0 Å². The molecule has 82 valence electrons. The number of methoxy groups -OCH3 is 1. The molecule has 1 rings (SSSR count). The van der Waals surface area contributed by atoms with Crippen molar-refractivity contribution < 1.29 is 14.3 Å². The van der Waals surface area contributed by atoms with Crippen molar-refractivity contribution in [3.8, 4) is 5.75 Å². The van der Waals surface area contributed by atoms with Crippen LogP contribution in [0.1, 0.15) is 12.5 Å². The second kappa shape index (κ2) is 5.90. The Balaban J connectivity index is 2.40. The van der Waals surface area contributed by atoms with E-state index < -0.39 is 6.09 Å². The van der Waals surface area contributed by atoms with Gasteiger partial charge in [0, 0.05) is 6.54 Å². The number of carbonyl (C=O) groups is 1. The minimum absolute atomic E-state index is 0.274. The Morgan fingerprint density at radius 1 is 1.33 bits per heavy atom. The Hall–Kier alpha value is -1.71. The molecule has 1 N–H and O–H groups in total. The van der Waals surface area contributed by atoms with Crippen molar-refractivity contribution >= 4 is 6.09 Å². The average Bonchev–Trinajstić information content (AvgIpc) is 2.27. The van der Waals surface area contributed by atoms with Crippen LogP contribution in [0.25, 0.3) is 0 Å². The smallest absolute Gasteiger partial charge is 0.407 e. The molecule has 1 aromatic carbocycles. The highest BCUT2D eigenvalue weighted by molar-refractivity contribution is 5.66. The lowest BCUT2D eigenvalue weighted by molar-refractivity contribution is 0.140. The van der Waals surface area contributed by atoms with Crippen LogP contribution < -0.4 is 10.1 Å². The van der Waals surface area contributed by atoms with E-state index in [4.69, 9.17) is 9.47 Å². The highest BCUT2D eigenvalue weighted by atomic mass is 16.5. The van der Waals surface area contributed by atoms with Crippen molar-refractivity contribution in [3.63, 3.8) is 0 Å². The summed E-state index contributed by atoms with van der Waals surface area (Å²) in [6.07, 6.45) is -0.395. The Kier molecular flexibility index (Phi) is 4.47. The van der Waals surface area contributed by atoms with Gasteiger partial charge in [-0.3, -0.25) is 0 Å². The van der Waals surface area contributed by atoms with Gasteiger partial charge in [0.1, 0.15) is 12.4 Å². The zero-order valence-electron chi connectivity index (χ0n) is 8.95. The standard InChI is InChI=1S/C11H15NO3/c1-3-12-11(13)15-8-9-4-6-10(14-2)7-5-9/h4-7H,3,8H2,1-2H3,(H,12,13). The third-order valence-electron chi connectivity index (χ3n) is 1.85. The molecule has 0 saturated carbocycles. The maximum absolute atomic E-state index is 11.0. The molecule has 15 heavy (non-hydrogen) atoms. The van der Waals surface area contributed by atoms with E-state index >= 15 is 0 Å². The van der Waals surface area contributed by atoms with Crippen LogP contribution >= 0.6 is 0 Å². The van der Waals surface area contributed by atoms with E-state index in [2.05, 4.69) is 5.32 Å². The van der Waals surface area contributed by atoms with Crippen LogP contribution in [0.5, 0.6) is 5.75 Å². The van der Waals surface area contributed by atoms with E-state index in [0.717, 1.165) is 11.3 Å². The van der Waals surface area contributed by atoms with Gasteiger partial charge in [0.2, 0.25) is 0 Å². The summed E-state index contributed by atoms with van der Waals surface area (Å²) >= 11 is 0. The van der Waals surface area contributed by atoms with Gasteiger partial charge in [-0.05, 0) is 24.6 Å². The number of hydrogen-bond donors (Lipinski definition) is 1. The average molecular weight is 209 g/mol. The fourth-order valence-corrected chi connectivity index (χ4v) is 1.07. The minimum Gasteiger partial charge on any atom is -0.497 e. The summed E-state index contributed by atoms with van der Waals surface area (Å²) in [6.45, 7) is 2.69. The first-order valence-electron chi connectivity index (χ1n) is 4.79. The molecule has 1 aromatic rings. The summed E-state index contributed by atoms with van der Waals surface area (Å²) in [4.78, 5) is 11.0. The molecule has 0 heterocycles. The molecule has 4 nitrogen and oxygen atoms in total. The molecule has 0 fully saturated rings. The molecular formula is C11H15NO3. The van der Waals surface area contributed by atoms with Crippen LogP contribution in [0.4, 0.5) is 4.79 Å². The zero-order valence-corrected chi connectivity index (χ0v) is 8.95. The molecule has 0 aliphatic rings. The molecule has 0 atom stereocenters. The summed E-state index contributed by atoms with van der Waals surface area (Å²) in [6, 6.07) is 7.38. The molecule has 4 heteroatoms. The van der Waals surface area contributed by atoms with Crippen molar-refractivity contribution in [2.75, 3.05) is 13.7 Å². The van der Waals surface area contributed by atoms with E-state index in [1.807, 2.05) is 31.2 Å². The maximum Gasteiger partial charge on any atom is 0.407 e. The van der Waals surface area contributed by atoms with Crippen LogP contribution in [0.15, 0.2) is 24.3 Å². The van der Waals surface area contributed by atoms with Crippen molar-refractivity contribution in [3.05, 3.63) is 29.8 Å². The van der Waals surface area contributed by atoms with Gasteiger partial charge in [0.15, 0.2) is 0 Å². The number of alkyl carbamates (subject to hydrolysis) is 1. The summed E-state index contributed by atoms with van der Waals surface area (Å²) in [7, 11) is 1.61. The second-order valence-electron chi connectivity index (χ2n) is 2.95. The maximum atomic E-state index is 11.0. The summed E-state index contributed by atoms with van der Waals surface area (Å²) in [5.41, 5.74) is 0.932. The molecule has 0 unspecified atom stereocenters.